The Morgan fingerprint density at radius 3 is 2.00 bits per heavy atom. The molecular formula is C12H21P. The van der Waals surface area contributed by atoms with Gasteiger partial charge < -0.3 is 0 Å². The van der Waals surface area contributed by atoms with E-state index in [-0.39, 0.29) is 0 Å². The molecule has 0 fully saturated rings. The quantitative estimate of drug-likeness (QED) is 0.617. The summed E-state index contributed by atoms with van der Waals surface area (Å²) in [5.74, 6) is 0. The van der Waals surface area contributed by atoms with Gasteiger partial charge in [0.2, 0.25) is 0 Å². The van der Waals surface area contributed by atoms with E-state index in [1.165, 1.54) is 17.5 Å². The van der Waals surface area contributed by atoms with Gasteiger partial charge in [-0.15, -0.1) is 9.24 Å². The lowest BCUT2D eigenvalue weighted by Gasteiger charge is -2.07. The molecule has 1 rings (SSSR count). The van der Waals surface area contributed by atoms with E-state index in [0.29, 0.717) is 5.66 Å². The van der Waals surface area contributed by atoms with E-state index in [4.69, 9.17) is 0 Å². The van der Waals surface area contributed by atoms with Crippen molar-refractivity contribution in [2.45, 2.75) is 39.8 Å². The van der Waals surface area contributed by atoms with Crippen molar-refractivity contribution in [1.29, 1.82) is 0 Å². The van der Waals surface area contributed by atoms with Crippen LogP contribution in [0.1, 0.15) is 44.0 Å². The molecule has 0 heterocycles. The summed E-state index contributed by atoms with van der Waals surface area (Å²) >= 11 is 0. The topological polar surface area (TPSA) is 0 Å². The van der Waals surface area contributed by atoms with Gasteiger partial charge in [0.25, 0.3) is 0 Å². The maximum Gasteiger partial charge on any atom is -0.00172 e. The van der Waals surface area contributed by atoms with Crippen molar-refractivity contribution in [3.63, 3.8) is 0 Å². The fourth-order valence-corrected chi connectivity index (χ4v) is 1.27. The monoisotopic (exact) mass is 196 g/mol. The second kappa shape index (κ2) is 7.09. The van der Waals surface area contributed by atoms with Crippen LogP contribution in [0.3, 0.4) is 0 Å². The predicted molar refractivity (Wildman–Crippen MR) is 65.3 cm³/mol. The van der Waals surface area contributed by atoms with Crippen LogP contribution in [0.5, 0.6) is 0 Å². The summed E-state index contributed by atoms with van der Waals surface area (Å²) in [5.41, 5.74) is 3.38. The Bertz CT molecular complexity index is 213. The Labute approximate surface area is 85.0 Å². The molecule has 0 radical (unpaired) electrons. The van der Waals surface area contributed by atoms with Crippen LogP contribution < -0.4 is 0 Å². The van der Waals surface area contributed by atoms with E-state index in [1.54, 1.807) is 0 Å². The van der Waals surface area contributed by atoms with Crippen molar-refractivity contribution in [3.05, 3.63) is 35.4 Å². The van der Waals surface area contributed by atoms with Crippen LogP contribution in [0, 0.1) is 6.92 Å². The zero-order chi connectivity index (χ0) is 10.3. The summed E-state index contributed by atoms with van der Waals surface area (Å²) in [6.07, 6.45) is 1.19. The van der Waals surface area contributed by atoms with Crippen LogP contribution in [-0.4, -0.2) is 0 Å². The summed E-state index contributed by atoms with van der Waals surface area (Å²) in [6.45, 7) is 8.32. The Kier molecular flexibility index (Phi) is 6.90. The van der Waals surface area contributed by atoms with Crippen LogP contribution in [0.2, 0.25) is 0 Å². The van der Waals surface area contributed by atoms with Crippen molar-refractivity contribution in [2.75, 3.05) is 0 Å². The highest BCUT2D eigenvalue weighted by molar-refractivity contribution is 7.17. The standard InChI is InChI=1S/C10H15P.C2H6/c1-3-10(11)9-6-4-8(2)5-7-9;1-2/h4-7,10H,3,11H2,1-2H3;1-2H3. The Morgan fingerprint density at radius 1 is 1.15 bits per heavy atom. The maximum atomic E-state index is 2.86. The molecule has 0 bridgehead atoms. The van der Waals surface area contributed by atoms with Crippen LogP contribution in [0.4, 0.5) is 0 Å². The average Bonchev–Trinajstić information content (AvgIpc) is 2.21. The Morgan fingerprint density at radius 2 is 1.62 bits per heavy atom. The van der Waals surface area contributed by atoms with Gasteiger partial charge in [-0.1, -0.05) is 50.6 Å². The molecule has 1 aromatic carbocycles. The largest absolute Gasteiger partial charge is 0.130 e. The lowest BCUT2D eigenvalue weighted by atomic mass is 10.1. The maximum absolute atomic E-state index is 2.86. The van der Waals surface area contributed by atoms with Crippen molar-refractivity contribution in [2.24, 2.45) is 0 Å². The van der Waals surface area contributed by atoms with Gasteiger partial charge >= 0.3 is 0 Å². The summed E-state index contributed by atoms with van der Waals surface area (Å²) in [7, 11) is 2.86. The molecule has 0 saturated carbocycles. The van der Waals surface area contributed by atoms with Crippen molar-refractivity contribution in [1.82, 2.24) is 0 Å². The van der Waals surface area contributed by atoms with Crippen LogP contribution in [-0.2, 0) is 0 Å². The third-order valence-corrected chi connectivity index (χ3v) is 2.80. The minimum absolute atomic E-state index is 0.621. The van der Waals surface area contributed by atoms with Gasteiger partial charge in [-0.2, -0.15) is 0 Å². The highest BCUT2D eigenvalue weighted by Crippen LogP contribution is 2.25. The van der Waals surface area contributed by atoms with E-state index < -0.39 is 0 Å². The molecule has 13 heavy (non-hydrogen) atoms. The zero-order valence-corrected chi connectivity index (χ0v) is 10.3. The van der Waals surface area contributed by atoms with E-state index in [2.05, 4.69) is 47.4 Å². The molecule has 0 aliphatic heterocycles. The van der Waals surface area contributed by atoms with E-state index >= 15 is 0 Å². The summed E-state index contributed by atoms with van der Waals surface area (Å²) < 4.78 is 0. The van der Waals surface area contributed by atoms with Crippen molar-refractivity contribution >= 4 is 9.24 Å². The number of hydrogen-bond acceptors (Lipinski definition) is 0. The number of hydrogen-bond donors (Lipinski definition) is 0. The van der Waals surface area contributed by atoms with Crippen LogP contribution in [0.25, 0.3) is 0 Å². The average molecular weight is 196 g/mol. The molecule has 74 valence electrons. The Hall–Kier alpha value is -0.350. The van der Waals surface area contributed by atoms with Crippen LogP contribution >= 0.6 is 9.24 Å². The normalized spacial score (nSPS) is 11.5. The lowest BCUT2D eigenvalue weighted by Crippen LogP contribution is -1.86. The second-order valence-corrected chi connectivity index (χ2v) is 3.73. The van der Waals surface area contributed by atoms with Crippen molar-refractivity contribution < 1.29 is 0 Å². The molecule has 0 spiro atoms. The van der Waals surface area contributed by atoms with Gasteiger partial charge in [-0.25, -0.2) is 0 Å². The highest BCUT2D eigenvalue weighted by atomic mass is 31.0. The first-order valence-corrected chi connectivity index (χ1v) is 5.73. The van der Waals surface area contributed by atoms with Crippen molar-refractivity contribution in [3.8, 4) is 0 Å². The molecule has 2 unspecified atom stereocenters. The second-order valence-electron chi connectivity index (χ2n) is 2.93. The van der Waals surface area contributed by atoms with Gasteiger partial charge in [0, 0.05) is 0 Å². The molecular weight excluding hydrogens is 175 g/mol. The molecule has 1 heteroatoms. The first kappa shape index (κ1) is 12.7. The molecule has 0 nitrogen and oxygen atoms in total. The van der Waals surface area contributed by atoms with Crippen LogP contribution in [0.15, 0.2) is 24.3 Å². The third-order valence-electron chi connectivity index (χ3n) is 1.95. The predicted octanol–water partition coefficient (Wildman–Crippen LogP) is 4.35. The number of rotatable bonds is 2. The molecule has 0 N–H and O–H groups in total. The molecule has 0 aliphatic rings. The van der Waals surface area contributed by atoms with E-state index in [0.717, 1.165) is 0 Å². The van der Waals surface area contributed by atoms with E-state index in [9.17, 15) is 0 Å². The first-order valence-electron chi connectivity index (χ1n) is 5.06. The molecule has 1 aromatic rings. The first-order chi connectivity index (χ1) is 6.24. The molecule has 2 atom stereocenters. The Balaban J connectivity index is 0.000000671. The smallest absolute Gasteiger partial charge is 0.00172 e. The fourth-order valence-electron chi connectivity index (χ4n) is 1.05. The molecule has 0 aliphatic carbocycles. The van der Waals surface area contributed by atoms with Gasteiger partial charge in [0.05, 0.1) is 0 Å². The lowest BCUT2D eigenvalue weighted by molar-refractivity contribution is 0.896. The fraction of sp³-hybridized carbons (Fsp3) is 0.500. The van der Waals surface area contributed by atoms with Gasteiger partial charge in [-0.3, -0.25) is 0 Å². The molecule has 0 amide bonds. The minimum Gasteiger partial charge on any atom is -0.130 e. The molecule has 0 saturated heterocycles. The zero-order valence-electron chi connectivity index (χ0n) is 9.17. The van der Waals surface area contributed by atoms with E-state index in [1.807, 2.05) is 13.8 Å². The SMILES string of the molecule is CC.CCC(P)c1ccc(C)cc1. The number of benzene rings is 1. The minimum atomic E-state index is 0.621. The number of aryl methyl sites for hydroxylation is 1. The van der Waals surface area contributed by atoms with Gasteiger partial charge in [0.15, 0.2) is 0 Å². The van der Waals surface area contributed by atoms with Gasteiger partial charge in [0.1, 0.15) is 0 Å². The summed E-state index contributed by atoms with van der Waals surface area (Å²) in [6, 6.07) is 8.75. The third kappa shape index (κ3) is 4.43. The molecule has 0 aromatic heterocycles. The highest BCUT2D eigenvalue weighted by Gasteiger charge is 2.00. The summed E-state index contributed by atoms with van der Waals surface area (Å²) in [5, 5.41) is 0. The summed E-state index contributed by atoms with van der Waals surface area (Å²) in [4.78, 5) is 0. The van der Waals surface area contributed by atoms with Gasteiger partial charge in [-0.05, 0) is 24.6 Å².